The second kappa shape index (κ2) is 4.46. The summed E-state index contributed by atoms with van der Waals surface area (Å²) in [4.78, 5) is 4.43. The maximum Gasteiger partial charge on any atom is 0.0708 e. The van der Waals surface area contributed by atoms with Gasteiger partial charge >= 0.3 is 0 Å². The van der Waals surface area contributed by atoms with Crippen LogP contribution in [0, 0.1) is 5.41 Å². The Hall–Kier alpha value is -1.67. The highest BCUT2D eigenvalue weighted by Crippen LogP contribution is 2.40. The number of aromatic nitrogens is 1. The number of benzene rings is 1. The largest absolute Gasteiger partial charge is 0.324 e. The molecule has 98 valence electrons. The average Bonchev–Trinajstić information content (AvgIpc) is 2.35. The lowest BCUT2D eigenvalue weighted by molar-refractivity contribution is 0.319. The van der Waals surface area contributed by atoms with Gasteiger partial charge in [-0.3, -0.25) is 4.98 Å². The SMILES string of the molecule is CC1(C)CC(c2cccc3ncccc23)=CC(N)C1. The average molecular weight is 252 g/mol. The minimum Gasteiger partial charge on any atom is -0.324 e. The summed E-state index contributed by atoms with van der Waals surface area (Å²) in [6.45, 7) is 4.59. The highest BCUT2D eigenvalue weighted by Gasteiger charge is 2.27. The zero-order valence-electron chi connectivity index (χ0n) is 11.6. The van der Waals surface area contributed by atoms with Gasteiger partial charge in [-0.25, -0.2) is 0 Å². The molecule has 0 spiro atoms. The molecule has 0 amide bonds. The molecule has 0 aliphatic heterocycles. The Labute approximate surface area is 114 Å². The molecular formula is C17H20N2. The Morgan fingerprint density at radius 3 is 2.84 bits per heavy atom. The van der Waals surface area contributed by atoms with E-state index in [1.807, 2.05) is 12.3 Å². The second-order valence-corrected chi connectivity index (χ2v) is 6.28. The first-order valence-electron chi connectivity index (χ1n) is 6.86. The number of rotatable bonds is 1. The molecule has 1 aromatic carbocycles. The van der Waals surface area contributed by atoms with Crippen LogP contribution in [0.1, 0.15) is 32.3 Å². The van der Waals surface area contributed by atoms with Crippen LogP contribution in [0.3, 0.4) is 0 Å². The predicted octanol–water partition coefficient (Wildman–Crippen LogP) is 3.77. The lowest BCUT2D eigenvalue weighted by Gasteiger charge is -2.33. The van der Waals surface area contributed by atoms with E-state index < -0.39 is 0 Å². The highest BCUT2D eigenvalue weighted by molar-refractivity contribution is 5.92. The fraction of sp³-hybridized carbons (Fsp3) is 0.353. The van der Waals surface area contributed by atoms with Crippen molar-refractivity contribution in [2.45, 2.75) is 32.7 Å². The molecular weight excluding hydrogens is 232 g/mol. The Balaban J connectivity index is 2.14. The molecule has 1 aliphatic rings. The number of pyridine rings is 1. The van der Waals surface area contributed by atoms with Crippen molar-refractivity contribution in [1.29, 1.82) is 0 Å². The van der Waals surface area contributed by atoms with Crippen LogP contribution in [0.15, 0.2) is 42.6 Å². The molecule has 0 saturated heterocycles. The number of hydrogen-bond acceptors (Lipinski definition) is 2. The summed E-state index contributed by atoms with van der Waals surface area (Å²) >= 11 is 0. The molecule has 2 aromatic rings. The number of allylic oxidation sites excluding steroid dienone is 1. The first-order valence-corrected chi connectivity index (χ1v) is 6.86. The topological polar surface area (TPSA) is 38.9 Å². The minimum absolute atomic E-state index is 0.158. The fourth-order valence-electron chi connectivity index (χ4n) is 3.17. The summed E-state index contributed by atoms with van der Waals surface area (Å²) in [6.07, 6.45) is 6.21. The van der Waals surface area contributed by atoms with Crippen LogP contribution in [-0.2, 0) is 0 Å². The molecule has 1 heterocycles. The van der Waals surface area contributed by atoms with Gasteiger partial charge < -0.3 is 5.73 Å². The van der Waals surface area contributed by atoms with E-state index in [0.717, 1.165) is 18.4 Å². The maximum absolute atomic E-state index is 6.19. The molecule has 1 aromatic heterocycles. The van der Waals surface area contributed by atoms with Crippen molar-refractivity contribution < 1.29 is 0 Å². The minimum atomic E-state index is 0.158. The standard InChI is InChI=1S/C17H20N2/c1-17(2)10-12(9-13(18)11-17)14-5-3-7-16-15(14)6-4-8-19-16/h3-9,13H,10-11,18H2,1-2H3. The van der Waals surface area contributed by atoms with Crippen LogP contribution < -0.4 is 5.73 Å². The van der Waals surface area contributed by atoms with Crippen LogP contribution in [0.4, 0.5) is 0 Å². The van der Waals surface area contributed by atoms with Gasteiger partial charge in [0.25, 0.3) is 0 Å². The number of fused-ring (bicyclic) bond motifs is 1. The van der Waals surface area contributed by atoms with Gasteiger partial charge in [0.15, 0.2) is 0 Å². The zero-order chi connectivity index (χ0) is 13.5. The van der Waals surface area contributed by atoms with Gasteiger partial charge in [0.2, 0.25) is 0 Å². The lowest BCUT2D eigenvalue weighted by Crippen LogP contribution is -2.30. The van der Waals surface area contributed by atoms with Crippen molar-refractivity contribution in [3.63, 3.8) is 0 Å². The molecule has 0 bridgehead atoms. The van der Waals surface area contributed by atoms with Gasteiger partial charge in [-0.2, -0.15) is 0 Å². The van der Waals surface area contributed by atoms with Gasteiger partial charge in [-0.15, -0.1) is 0 Å². The smallest absolute Gasteiger partial charge is 0.0708 e. The van der Waals surface area contributed by atoms with Gasteiger partial charge in [-0.05, 0) is 41.5 Å². The van der Waals surface area contributed by atoms with E-state index in [9.17, 15) is 0 Å². The number of hydrogen-bond donors (Lipinski definition) is 1. The molecule has 2 N–H and O–H groups in total. The van der Waals surface area contributed by atoms with E-state index in [0.29, 0.717) is 0 Å². The van der Waals surface area contributed by atoms with Crippen LogP contribution in [0.25, 0.3) is 16.5 Å². The first-order chi connectivity index (χ1) is 9.05. The highest BCUT2D eigenvalue weighted by atomic mass is 14.6. The van der Waals surface area contributed by atoms with E-state index in [1.54, 1.807) is 0 Å². The second-order valence-electron chi connectivity index (χ2n) is 6.28. The molecule has 1 aliphatic carbocycles. The number of nitrogens with two attached hydrogens (primary N) is 1. The van der Waals surface area contributed by atoms with E-state index in [2.05, 4.69) is 49.2 Å². The van der Waals surface area contributed by atoms with Gasteiger partial charge in [-0.1, -0.05) is 38.1 Å². The molecule has 1 unspecified atom stereocenters. The monoisotopic (exact) mass is 252 g/mol. The fourth-order valence-corrected chi connectivity index (χ4v) is 3.17. The molecule has 2 heteroatoms. The maximum atomic E-state index is 6.19. The summed E-state index contributed by atoms with van der Waals surface area (Å²) in [6, 6.07) is 10.6. The zero-order valence-corrected chi connectivity index (χ0v) is 11.6. The molecule has 19 heavy (non-hydrogen) atoms. The summed E-state index contributed by atoms with van der Waals surface area (Å²) < 4.78 is 0. The van der Waals surface area contributed by atoms with Crippen LogP contribution in [-0.4, -0.2) is 11.0 Å². The molecule has 0 radical (unpaired) electrons. The summed E-state index contributed by atoms with van der Waals surface area (Å²) in [5.41, 5.74) is 10.2. The van der Waals surface area contributed by atoms with Crippen LogP contribution in [0.5, 0.6) is 0 Å². The van der Waals surface area contributed by atoms with Crippen molar-refractivity contribution in [1.82, 2.24) is 4.98 Å². The molecule has 0 fully saturated rings. The summed E-state index contributed by atoms with van der Waals surface area (Å²) in [7, 11) is 0. The van der Waals surface area contributed by atoms with Crippen molar-refractivity contribution in [2.75, 3.05) is 0 Å². The number of nitrogens with zero attached hydrogens (tertiary/aromatic N) is 1. The third kappa shape index (κ3) is 2.41. The Morgan fingerprint density at radius 1 is 1.21 bits per heavy atom. The van der Waals surface area contributed by atoms with E-state index >= 15 is 0 Å². The Bertz CT molecular complexity index is 635. The van der Waals surface area contributed by atoms with E-state index in [1.165, 1.54) is 16.5 Å². The van der Waals surface area contributed by atoms with Gasteiger partial charge in [0.05, 0.1) is 5.52 Å². The van der Waals surface area contributed by atoms with Crippen LogP contribution >= 0.6 is 0 Å². The molecule has 1 atom stereocenters. The van der Waals surface area contributed by atoms with Crippen molar-refractivity contribution in [2.24, 2.45) is 11.1 Å². The van der Waals surface area contributed by atoms with E-state index in [4.69, 9.17) is 5.73 Å². The van der Waals surface area contributed by atoms with Gasteiger partial charge in [0, 0.05) is 17.6 Å². The molecule has 3 rings (SSSR count). The Kier molecular flexibility index (Phi) is 2.90. The van der Waals surface area contributed by atoms with Crippen LogP contribution in [0.2, 0.25) is 0 Å². The lowest BCUT2D eigenvalue weighted by atomic mass is 9.73. The summed E-state index contributed by atoms with van der Waals surface area (Å²) in [5.74, 6) is 0. The first kappa shape index (κ1) is 12.4. The van der Waals surface area contributed by atoms with Gasteiger partial charge in [0.1, 0.15) is 0 Å². The van der Waals surface area contributed by atoms with Crippen molar-refractivity contribution >= 4 is 16.5 Å². The summed E-state index contributed by atoms with van der Waals surface area (Å²) in [5, 5.41) is 1.22. The third-order valence-electron chi connectivity index (χ3n) is 3.86. The third-order valence-corrected chi connectivity index (χ3v) is 3.86. The normalized spacial score (nSPS) is 22.3. The van der Waals surface area contributed by atoms with Crippen molar-refractivity contribution in [3.8, 4) is 0 Å². The van der Waals surface area contributed by atoms with E-state index in [-0.39, 0.29) is 11.5 Å². The predicted molar refractivity (Wildman–Crippen MR) is 80.7 cm³/mol. The van der Waals surface area contributed by atoms with Crippen molar-refractivity contribution in [3.05, 3.63) is 48.2 Å². The molecule has 0 saturated carbocycles. The quantitative estimate of drug-likeness (QED) is 0.839. The Morgan fingerprint density at radius 2 is 2.05 bits per heavy atom. The molecule has 2 nitrogen and oxygen atoms in total.